The number of anilines is 1. The number of benzene rings is 4. The highest BCUT2D eigenvalue weighted by Gasteiger charge is 2.40. The lowest BCUT2D eigenvalue weighted by atomic mass is 9.76. The van der Waals surface area contributed by atoms with Crippen molar-refractivity contribution >= 4 is 30.6 Å². The van der Waals surface area contributed by atoms with Gasteiger partial charge in [-0.25, -0.2) is 4.68 Å². The van der Waals surface area contributed by atoms with Crippen LogP contribution in [-0.4, -0.2) is 48.2 Å². The topological polar surface area (TPSA) is 112 Å². The molecule has 5 aromatic rings. The van der Waals surface area contributed by atoms with Crippen LogP contribution in [0.3, 0.4) is 0 Å². The van der Waals surface area contributed by atoms with Crippen molar-refractivity contribution in [2.24, 2.45) is 0 Å². The van der Waals surface area contributed by atoms with E-state index in [0.29, 0.717) is 24.8 Å². The van der Waals surface area contributed by atoms with Gasteiger partial charge in [-0.05, 0) is 28.8 Å². The highest BCUT2D eigenvalue weighted by Crippen LogP contribution is 2.37. The van der Waals surface area contributed by atoms with E-state index in [4.69, 9.17) is 15.2 Å². The predicted molar refractivity (Wildman–Crippen MR) is 178 cm³/mol. The number of hydrogen-bond donors (Lipinski definition) is 3. The van der Waals surface area contributed by atoms with Crippen molar-refractivity contribution in [3.8, 4) is 5.75 Å². The third-order valence-electron chi connectivity index (χ3n) is 7.70. The summed E-state index contributed by atoms with van der Waals surface area (Å²) in [6.45, 7) is 7.76. The number of carbonyl (C=O) groups is 1. The molecule has 0 aliphatic rings. The number of nitrogen functional groups attached to an aromatic ring is 1. The number of nitrogens with two attached hydrogens (primary N) is 1. The maximum Gasteiger partial charge on any atom is 0.324 e. The Morgan fingerprint density at radius 3 is 1.98 bits per heavy atom. The Labute approximate surface area is 259 Å². The Morgan fingerprint density at radius 2 is 1.48 bits per heavy atom. The Kier molecular flexibility index (Phi) is 9.48. The second-order valence-corrected chi connectivity index (χ2v) is 17.8. The standard InChI is InChI=1S/C35H40N4O4Si/c1-44(2,3)20-19-42-25-39-32-22-33(30(36)21-26(32)23-37-39)43-24-31(34(40)41)38-35(27-13-7-4-8-14-27,28-15-9-5-10-16-28)29-17-11-6-12-18-29/h4-18,21-23,31,38H,19-20,24-25,36H2,1-3H3,(H,40,41). The van der Waals surface area contributed by atoms with Crippen molar-refractivity contribution in [2.75, 3.05) is 18.9 Å². The second kappa shape index (κ2) is 13.5. The monoisotopic (exact) mass is 608 g/mol. The van der Waals surface area contributed by atoms with E-state index in [-0.39, 0.29) is 6.61 Å². The van der Waals surface area contributed by atoms with Gasteiger partial charge in [0.2, 0.25) is 0 Å². The fourth-order valence-corrected chi connectivity index (χ4v) is 6.06. The number of carboxylic acids is 1. The zero-order chi connectivity index (χ0) is 31.2. The van der Waals surface area contributed by atoms with Crippen LogP contribution in [0.15, 0.2) is 109 Å². The van der Waals surface area contributed by atoms with Crippen LogP contribution >= 0.6 is 0 Å². The Morgan fingerprint density at radius 1 is 0.932 bits per heavy atom. The molecular formula is C35H40N4O4Si. The molecule has 0 bridgehead atoms. The minimum absolute atomic E-state index is 0.167. The molecule has 0 amide bonds. The maximum absolute atomic E-state index is 12.8. The van der Waals surface area contributed by atoms with E-state index in [1.165, 1.54) is 0 Å². The molecule has 4 aromatic carbocycles. The lowest BCUT2D eigenvalue weighted by Crippen LogP contribution is -2.54. The Bertz CT molecular complexity index is 1570. The fraction of sp³-hybridized carbons (Fsp3) is 0.257. The van der Waals surface area contributed by atoms with Crippen LogP contribution in [0, 0.1) is 0 Å². The summed E-state index contributed by atoms with van der Waals surface area (Å²) in [4.78, 5) is 12.8. The van der Waals surface area contributed by atoms with Crippen LogP contribution in [-0.2, 0) is 21.8 Å². The molecule has 4 N–H and O–H groups in total. The van der Waals surface area contributed by atoms with Gasteiger partial charge in [0.15, 0.2) is 0 Å². The highest BCUT2D eigenvalue weighted by atomic mass is 28.3. The first kappa shape index (κ1) is 31.0. The van der Waals surface area contributed by atoms with Gasteiger partial charge < -0.3 is 20.3 Å². The number of carboxylic acid groups (broad SMARTS) is 1. The summed E-state index contributed by atoms with van der Waals surface area (Å²) in [6.07, 6.45) is 1.74. The zero-order valence-corrected chi connectivity index (χ0v) is 26.4. The van der Waals surface area contributed by atoms with Gasteiger partial charge >= 0.3 is 5.97 Å². The molecule has 228 valence electrons. The molecule has 9 heteroatoms. The molecule has 44 heavy (non-hydrogen) atoms. The summed E-state index contributed by atoms with van der Waals surface area (Å²) in [5, 5.41) is 19.3. The lowest BCUT2D eigenvalue weighted by molar-refractivity contribution is -0.140. The molecule has 1 heterocycles. The van der Waals surface area contributed by atoms with Crippen LogP contribution < -0.4 is 15.8 Å². The van der Waals surface area contributed by atoms with Gasteiger partial charge in [0.1, 0.15) is 25.1 Å². The first-order valence-corrected chi connectivity index (χ1v) is 18.5. The van der Waals surface area contributed by atoms with Crippen molar-refractivity contribution in [1.29, 1.82) is 0 Å². The van der Waals surface area contributed by atoms with Gasteiger partial charge in [-0.3, -0.25) is 10.1 Å². The number of fused-ring (bicyclic) bond motifs is 1. The minimum atomic E-state index is -1.21. The zero-order valence-electron chi connectivity index (χ0n) is 25.4. The highest BCUT2D eigenvalue weighted by molar-refractivity contribution is 6.76. The lowest BCUT2D eigenvalue weighted by Gasteiger charge is -2.39. The summed E-state index contributed by atoms with van der Waals surface area (Å²) in [5.74, 6) is -0.656. The molecule has 1 atom stereocenters. The van der Waals surface area contributed by atoms with Crippen LogP contribution in [0.25, 0.3) is 10.9 Å². The van der Waals surface area contributed by atoms with E-state index in [1.54, 1.807) is 23.0 Å². The number of nitrogens with one attached hydrogen (secondary N) is 1. The van der Waals surface area contributed by atoms with Crippen LogP contribution in [0.4, 0.5) is 5.69 Å². The molecule has 1 aromatic heterocycles. The number of aromatic nitrogens is 2. The van der Waals surface area contributed by atoms with E-state index in [0.717, 1.165) is 33.6 Å². The van der Waals surface area contributed by atoms with Gasteiger partial charge in [-0.1, -0.05) is 111 Å². The second-order valence-electron chi connectivity index (χ2n) is 12.1. The average Bonchev–Trinajstić information content (AvgIpc) is 3.41. The predicted octanol–water partition coefficient (Wildman–Crippen LogP) is 6.34. The molecule has 0 saturated carbocycles. The average molecular weight is 609 g/mol. The molecule has 0 saturated heterocycles. The number of aliphatic carboxylic acids is 1. The molecule has 0 aliphatic heterocycles. The maximum atomic E-state index is 12.8. The third-order valence-corrected chi connectivity index (χ3v) is 9.40. The largest absolute Gasteiger partial charge is 0.489 e. The smallest absolute Gasteiger partial charge is 0.324 e. The summed E-state index contributed by atoms with van der Waals surface area (Å²) in [7, 11) is -1.21. The minimum Gasteiger partial charge on any atom is -0.489 e. The van der Waals surface area contributed by atoms with Gasteiger partial charge in [0.05, 0.1) is 22.9 Å². The number of hydrogen-bond acceptors (Lipinski definition) is 6. The van der Waals surface area contributed by atoms with Gasteiger partial charge in [0, 0.05) is 26.1 Å². The van der Waals surface area contributed by atoms with Crippen molar-refractivity contribution in [3.63, 3.8) is 0 Å². The molecule has 5 rings (SSSR count). The molecule has 0 spiro atoms. The van der Waals surface area contributed by atoms with E-state index in [9.17, 15) is 9.90 Å². The summed E-state index contributed by atoms with van der Waals surface area (Å²) in [5.41, 5.74) is 9.32. The number of nitrogens with zero attached hydrogens (tertiary/aromatic N) is 2. The molecule has 1 unspecified atom stereocenters. The summed E-state index contributed by atoms with van der Waals surface area (Å²) >= 11 is 0. The normalized spacial score (nSPS) is 12.7. The van der Waals surface area contributed by atoms with Crippen molar-refractivity contribution in [1.82, 2.24) is 15.1 Å². The molecule has 8 nitrogen and oxygen atoms in total. The van der Waals surface area contributed by atoms with Gasteiger partial charge in [-0.2, -0.15) is 5.10 Å². The Balaban J connectivity index is 1.45. The van der Waals surface area contributed by atoms with Crippen molar-refractivity contribution < 1.29 is 19.4 Å². The SMILES string of the molecule is C[Si](C)(C)CCOCn1ncc2cc(N)c(OCC(NC(c3ccccc3)(c3ccccc3)c3ccccc3)C(=O)O)cc21. The molecular weight excluding hydrogens is 568 g/mol. The van der Waals surface area contributed by atoms with Crippen molar-refractivity contribution in [2.45, 2.75) is 44.0 Å². The fourth-order valence-electron chi connectivity index (χ4n) is 5.31. The van der Waals surface area contributed by atoms with Gasteiger partial charge in [-0.15, -0.1) is 0 Å². The van der Waals surface area contributed by atoms with Crippen LogP contribution in [0.2, 0.25) is 25.7 Å². The van der Waals surface area contributed by atoms with Crippen LogP contribution in [0.1, 0.15) is 16.7 Å². The summed E-state index contributed by atoms with van der Waals surface area (Å²) < 4.78 is 13.9. The Hall–Kier alpha value is -4.44. The molecule has 0 aliphatic carbocycles. The quantitative estimate of drug-likeness (QED) is 0.0583. The van der Waals surface area contributed by atoms with Crippen LogP contribution in [0.5, 0.6) is 5.75 Å². The molecule has 0 radical (unpaired) electrons. The van der Waals surface area contributed by atoms with Crippen molar-refractivity contribution in [3.05, 3.63) is 126 Å². The van der Waals surface area contributed by atoms with E-state index in [1.807, 2.05) is 91.0 Å². The molecule has 0 fully saturated rings. The first-order valence-electron chi connectivity index (χ1n) is 14.8. The van der Waals surface area contributed by atoms with E-state index in [2.05, 4.69) is 30.1 Å². The number of ether oxygens (including phenoxy) is 2. The van der Waals surface area contributed by atoms with Gasteiger partial charge in [0.25, 0.3) is 0 Å². The van der Waals surface area contributed by atoms with E-state index >= 15 is 0 Å². The van der Waals surface area contributed by atoms with E-state index < -0.39 is 25.6 Å². The third kappa shape index (κ3) is 7.02. The first-order chi connectivity index (χ1) is 21.2. The number of rotatable bonds is 14. The summed E-state index contributed by atoms with van der Waals surface area (Å²) in [6, 6.07) is 33.2.